The summed E-state index contributed by atoms with van der Waals surface area (Å²) in [5.74, 6) is 4.90. The Balaban J connectivity index is 0.000000139. The van der Waals surface area contributed by atoms with Crippen LogP contribution in [0.5, 0.6) is 0 Å². The van der Waals surface area contributed by atoms with Gasteiger partial charge >= 0.3 is 17.9 Å². The Morgan fingerprint density at radius 1 is 0.446 bits per heavy atom. The van der Waals surface area contributed by atoms with Crippen LogP contribution in [0.4, 0.5) is 0 Å². The summed E-state index contributed by atoms with van der Waals surface area (Å²) in [7, 11) is 0. The number of hydrogen-bond acceptors (Lipinski definition) is 16. The fourth-order valence-corrected chi connectivity index (χ4v) is 29.0. The predicted molar refractivity (Wildman–Crippen MR) is 467 cm³/mol. The SMILES string of the molecule is CC(=O)CCCOCC(=O)[C@H]1[C@H](C)CC2C3CCC4=CC(=O)CC[C@]4(C)C3=CC[C@@]21C.CC(C)C(=O)OCC(=O)[C@H]1[C@@H](C)CC2C3CCC4=CC(=O)C=C[C@]4(C)C3=CC[C@@]21C.CC(C)C(=O)OCC(=O)[C@H]1[C@H](C)CC2C3CCC4=CC(=O)C=C[C@]4(C)C3=CC[C@@]21C.CCC(=O)OCC(=O)[C@@]1(C)[C@@H](C)CC2C3CCC4=CC(=O)CC[C@]4(C)C3=CC[C@@]21C. The molecule has 0 bridgehead atoms. The van der Waals surface area contributed by atoms with Gasteiger partial charge in [0.15, 0.2) is 52.9 Å². The molecule has 0 N–H and O–H groups in total. The van der Waals surface area contributed by atoms with Crippen molar-refractivity contribution in [2.24, 2.45) is 149 Å². The molecule has 0 aromatic carbocycles. The molecule has 16 aliphatic carbocycles. The second-order valence-electron chi connectivity index (χ2n) is 43.2. The second-order valence-corrected chi connectivity index (χ2v) is 43.2. The highest BCUT2D eigenvalue weighted by Gasteiger charge is 2.67. The van der Waals surface area contributed by atoms with Crippen LogP contribution in [-0.4, -0.2) is 103 Å². The highest BCUT2D eigenvalue weighted by atomic mass is 16.5. The lowest BCUT2D eigenvalue weighted by Gasteiger charge is -2.55. The third-order valence-electron chi connectivity index (χ3n) is 35.7. The highest BCUT2D eigenvalue weighted by Crippen LogP contribution is 2.72. The molecular formula is C105H142O16. The number of rotatable bonds is 19. The number of esters is 3. The third kappa shape index (κ3) is 16.2. The van der Waals surface area contributed by atoms with Crippen molar-refractivity contribution < 1.29 is 76.5 Å². The lowest BCUT2D eigenvalue weighted by molar-refractivity contribution is -0.154. The first-order valence-corrected chi connectivity index (χ1v) is 46.8. The Labute approximate surface area is 721 Å². The summed E-state index contributed by atoms with van der Waals surface area (Å²) in [5, 5.41) is 0. The summed E-state index contributed by atoms with van der Waals surface area (Å²) in [6.45, 7) is 40.1. The van der Waals surface area contributed by atoms with Crippen LogP contribution in [0.25, 0.3) is 0 Å². The molecule has 16 rings (SSSR count). The van der Waals surface area contributed by atoms with Crippen LogP contribution >= 0.6 is 0 Å². The van der Waals surface area contributed by atoms with E-state index in [9.17, 15) is 57.5 Å². The standard InChI is InChI=1S/C27H38O4.2C26H34O4.C26H36O4/c1-17-14-23-21-8-7-19-15-20(29)9-11-26(19,3)22(21)10-12-27(23,4)25(17)24(30)16-31-13-5-6-18(2)28;2*1-15(2)24(29)30-14-22(28)23-16(3)12-21-19-7-6-17-13-18(27)8-10-25(17,4)20(19)9-11-26(21,23)5;1-6-23(29)30-15-22(28)26(5)16(2)13-21-19-8-7-17-14-18(27)9-11-24(17,3)20(19)10-12-25(21,26)4/h10,15,17,21,23,25H,5-9,11-14,16H2,1-4H3;2*8-10,13,15-16,19,21,23H,6-7,11-12,14H2,1-5H3;10,14,16,19,21H,6-9,11-13,15H2,1-5H3/t17-,21?,23?,25-,26+,27+;16-,19?,21?,23+,25-,26-;16-,19?,21?,23-,25+,26+;16-,19?,21?,24-,25-,26+/m1010/s1. The van der Waals surface area contributed by atoms with Crippen LogP contribution in [0.15, 0.2) is 117 Å². The number of ether oxygens (including phenoxy) is 4. The summed E-state index contributed by atoms with van der Waals surface area (Å²) in [6, 6.07) is 0. The zero-order valence-corrected chi connectivity index (χ0v) is 76.6. The van der Waals surface area contributed by atoms with Crippen LogP contribution in [0.3, 0.4) is 0 Å². The van der Waals surface area contributed by atoms with E-state index in [4.69, 9.17) is 18.9 Å². The monoisotopic (exact) mass is 1660 g/mol. The van der Waals surface area contributed by atoms with Gasteiger partial charge in [-0.15, -0.1) is 0 Å². The smallest absolute Gasteiger partial charge is 0.308 e. The Kier molecular flexibility index (Phi) is 26.2. The minimum Gasteiger partial charge on any atom is -0.458 e. The summed E-state index contributed by atoms with van der Waals surface area (Å²) in [6.07, 6.45) is 45.3. The molecule has 16 heteroatoms. The van der Waals surface area contributed by atoms with Crippen LogP contribution in [0.1, 0.15) is 279 Å². The maximum atomic E-state index is 13.4. The van der Waals surface area contributed by atoms with Gasteiger partial charge in [0.1, 0.15) is 25.6 Å². The van der Waals surface area contributed by atoms with E-state index in [0.717, 1.165) is 116 Å². The van der Waals surface area contributed by atoms with Crippen LogP contribution < -0.4 is 0 Å². The second kappa shape index (κ2) is 34.6. The van der Waals surface area contributed by atoms with E-state index in [1.807, 2.05) is 24.3 Å². The summed E-state index contributed by atoms with van der Waals surface area (Å²) in [4.78, 5) is 147. The van der Waals surface area contributed by atoms with Gasteiger partial charge in [-0.05, 0) is 272 Å². The zero-order valence-electron chi connectivity index (χ0n) is 76.6. The average Bonchev–Trinajstić information content (AvgIpc) is 1.54. The fourth-order valence-electron chi connectivity index (χ4n) is 29.0. The molecule has 0 amide bonds. The number of carbonyl (C=O) groups excluding carboxylic acids is 12. The largest absolute Gasteiger partial charge is 0.458 e. The molecular weight excluding hydrogens is 1520 g/mol. The van der Waals surface area contributed by atoms with Gasteiger partial charge in [-0.3, -0.25) is 52.7 Å². The zero-order chi connectivity index (χ0) is 88.0. The molecule has 0 aliphatic heterocycles. The first-order chi connectivity index (χ1) is 56.9. The fraction of sp³-hybridized carbons (Fsp3) is 0.695. The van der Waals surface area contributed by atoms with Gasteiger partial charge in [0, 0.05) is 77.1 Å². The van der Waals surface area contributed by atoms with E-state index in [2.05, 4.69) is 126 Å². The van der Waals surface area contributed by atoms with E-state index in [1.165, 1.54) is 39.0 Å². The van der Waals surface area contributed by atoms with Gasteiger partial charge in [-0.25, -0.2) is 0 Å². The van der Waals surface area contributed by atoms with Gasteiger partial charge in [0.2, 0.25) is 0 Å². The summed E-state index contributed by atoms with van der Waals surface area (Å²) < 4.78 is 21.5. The molecule has 0 spiro atoms. The van der Waals surface area contributed by atoms with Crippen LogP contribution in [0, 0.1) is 149 Å². The van der Waals surface area contributed by atoms with Crippen molar-refractivity contribution in [1.82, 2.24) is 0 Å². The lowest BCUT2D eigenvalue weighted by atomic mass is 9.48. The molecule has 658 valence electrons. The molecule has 121 heavy (non-hydrogen) atoms. The molecule has 24 atom stereocenters. The van der Waals surface area contributed by atoms with Gasteiger partial charge < -0.3 is 23.7 Å². The van der Waals surface area contributed by atoms with Crippen molar-refractivity contribution in [2.75, 3.05) is 33.0 Å². The number of Topliss-reactive ketones (excluding diaryl/α,β-unsaturated/α-hetero) is 5. The Morgan fingerprint density at radius 2 is 0.826 bits per heavy atom. The van der Waals surface area contributed by atoms with Gasteiger partial charge in [-0.1, -0.05) is 192 Å². The highest BCUT2D eigenvalue weighted by molar-refractivity contribution is 6.02. The Morgan fingerprint density at radius 3 is 1.23 bits per heavy atom. The first-order valence-electron chi connectivity index (χ1n) is 46.8. The van der Waals surface area contributed by atoms with E-state index in [-0.39, 0.29) is 187 Å². The van der Waals surface area contributed by atoms with Gasteiger partial charge in [0.25, 0.3) is 0 Å². The van der Waals surface area contributed by atoms with Crippen molar-refractivity contribution in [1.29, 1.82) is 0 Å². The van der Waals surface area contributed by atoms with E-state index in [0.29, 0.717) is 92.0 Å². The molecule has 0 saturated heterocycles. The summed E-state index contributed by atoms with van der Waals surface area (Å²) in [5.41, 5.74) is 10.0. The quantitative estimate of drug-likeness (QED) is 0.0505. The van der Waals surface area contributed by atoms with Crippen LogP contribution in [-0.2, 0) is 76.5 Å². The minimum atomic E-state index is -0.493. The lowest BCUT2D eigenvalue weighted by Crippen LogP contribution is -2.51. The average molecular weight is 1660 g/mol. The first kappa shape index (κ1) is 91.5. The Bertz CT molecular complexity index is 4430. The topological polar surface area (TPSA) is 242 Å². The number of carbonyl (C=O) groups is 12. The molecule has 0 heterocycles. The maximum Gasteiger partial charge on any atom is 0.308 e. The minimum absolute atomic E-state index is 0.00449. The molecule has 8 fully saturated rings. The van der Waals surface area contributed by atoms with Crippen molar-refractivity contribution in [3.8, 4) is 0 Å². The molecule has 8 unspecified atom stereocenters. The van der Waals surface area contributed by atoms with Crippen LogP contribution in [0.2, 0.25) is 0 Å². The van der Waals surface area contributed by atoms with Crippen molar-refractivity contribution >= 4 is 70.0 Å². The number of fused-ring (bicyclic) bond motifs is 20. The number of ketones is 9. The molecule has 0 radical (unpaired) electrons. The maximum absolute atomic E-state index is 13.4. The molecule has 8 saturated carbocycles. The van der Waals surface area contributed by atoms with E-state index in [1.54, 1.807) is 59.3 Å². The van der Waals surface area contributed by atoms with Gasteiger partial charge in [-0.2, -0.15) is 0 Å². The normalized spacial score (nSPS) is 40.2. The third-order valence-corrected chi connectivity index (χ3v) is 35.7. The predicted octanol–water partition coefficient (Wildman–Crippen LogP) is 20.2. The molecule has 16 aliphatic rings. The van der Waals surface area contributed by atoms with Crippen molar-refractivity contribution in [3.05, 3.63) is 117 Å². The van der Waals surface area contributed by atoms with Crippen molar-refractivity contribution in [2.45, 2.75) is 279 Å². The number of allylic oxidation sites excluding steroid dienone is 20. The molecule has 16 nitrogen and oxygen atoms in total. The summed E-state index contributed by atoms with van der Waals surface area (Å²) >= 11 is 0. The Hall–Kier alpha value is -7.20. The van der Waals surface area contributed by atoms with E-state index < -0.39 is 5.41 Å². The molecule has 0 aromatic rings. The van der Waals surface area contributed by atoms with E-state index >= 15 is 0 Å². The van der Waals surface area contributed by atoms with Crippen molar-refractivity contribution in [3.63, 3.8) is 0 Å². The van der Waals surface area contributed by atoms with Gasteiger partial charge in [0.05, 0.1) is 11.8 Å². The molecule has 0 aromatic heterocycles. The number of hydrogen-bond donors (Lipinski definition) is 0.